The highest BCUT2D eigenvalue weighted by molar-refractivity contribution is 7.90. The maximum atomic E-state index is 12.3. The Balaban J connectivity index is 2.06. The number of hydrogen-bond acceptors (Lipinski definition) is 4. The molecule has 0 heterocycles. The van der Waals surface area contributed by atoms with Gasteiger partial charge in [-0.2, -0.15) is 0 Å². The molecule has 0 spiro atoms. The van der Waals surface area contributed by atoms with Crippen molar-refractivity contribution in [2.45, 2.75) is 24.8 Å². The standard InChI is InChI=1S/C19H24N2O3S/c1-14(2)19(15-9-5-4-6-10-15)20-13-18(22)21-16-11-7-8-12-17(16)25(3,23)24/h4-12,14,19-20H,13H2,1-3H3,(H,21,22)/t19-/m1/s1. The van der Waals surface area contributed by atoms with Crippen LogP contribution in [0.2, 0.25) is 0 Å². The molecule has 5 nitrogen and oxygen atoms in total. The van der Waals surface area contributed by atoms with E-state index in [9.17, 15) is 13.2 Å². The molecule has 0 unspecified atom stereocenters. The van der Waals surface area contributed by atoms with Crippen molar-refractivity contribution in [1.82, 2.24) is 5.32 Å². The molecule has 134 valence electrons. The van der Waals surface area contributed by atoms with Crippen LogP contribution < -0.4 is 10.6 Å². The molecular formula is C19H24N2O3S. The van der Waals surface area contributed by atoms with E-state index in [1.165, 1.54) is 6.07 Å². The maximum absolute atomic E-state index is 12.3. The Bertz CT molecular complexity index is 818. The van der Waals surface area contributed by atoms with Gasteiger partial charge in [0.25, 0.3) is 0 Å². The van der Waals surface area contributed by atoms with Crippen molar-refractivity contribution < 1.29 is 13.2 Å². The molecule has 2 N–H and O–H groups in total. The highest BCUT2D eigenvalue weighted by Crippen LogP contribution is 2.22. The van der Waals surface area contributed by atoms with Gasteiger partial charge in [0, 0.05) is 12.3 Å². The summed E-state index contributed by atoms with van der Waals surface area (Å²) in [5.74, 6) is 0.0242. The van der Waals surface area contributed by atoms with Crippen molar-refractivity contribution in [2.24, 2.45) is 5.92 Å². The largest absolute Gasteiger partial charge is 0.324 e. The summed E-state index contributed by atoms with van der Waals surface area (Å²) < 4.78 is 23.6. The molecule has 1 atom stereocenters. The van der Waals surface area contributed by atoms with Crippen LogP contribution in [0.3, 0.4) is 0 Å². The number of benzene rings is 2. The minimum atomic E-state index is -3.40. The highest BCUT2D eigenvalue weighted by atomic mass is 32.2. The Kier molecular flexibility index (Phi) is 6.33. The van der Waals surface area contributed by atoms with Crippen molar-refractivity contribution in [3.05, 3.63) is 60.2 Å². The zero-order valence-electron chi connectivity index (χ0n) is 14.7. The molecule has 0 fully saturated rings. The van der Waals surface area contributed by atoms with Gasteiger partial charge in [0.05, 0.1) is 17.1 Å². The molecule has 0 saturated heterocycles. The predicted molar refractivity (Wildman–Crippen MR) is 100 cm³/mol. The van der Waals surface area contributed by atoms with Crippen LogP contribution in [0.15, 0.2) is 59.5 Å². The van der Waals surface area contributed by atoms with E-state index in [0.717, 1.165) is 11.8 Å². The van der Waals surface area contributed by atoms with Crippen LogP contribution >= 0.6 is 0 Å². The van der Waals surface area contributed by atoms with Gasteiger partial charge >= 0.3 is 0 Å². The normalized spacial score (nSPS) is 12.8. The zero-order valence-corrected chi connectivity index (χ0v) is 15.5. The van der Waals surface area contributed by atoms with Crippen LogP contribution in [0, 0.1) is 5.92 Å². The number of carbonyl (C=O) groups is 1. The zero-order chi connectivity index (χ0) is 18.4. The molecule has 2 aromatic carbocycles. The van der Waals surface area contributed by atoms with Crippen molar-refractivity contribution in [2.75, 3.05) is 18.1 Å². The van der Waals surface area contributed by atoms with Gasteiger partial charge in [0.2, 0.25) is 5.91 Å². The minimum absolute atomic E-state index is 0.0390. The van der Waals surface area contributed by atoms with Gasteiger partial charge < -0.3 is 10.6 Å². The lowest BCUT2D eigenvalue weighted by molar-refractivity contribution is -0.115. The second-order valence-electron chi connectivity index (χ2n) is 6.33. The van der Waals surface area contributed by atoms with Gasteiger partial charge in [-0.1, -0.05) is 56.3 Å². The van der Waals surface area contributed by atoms with Crippen LogP contribution in [-0.4, -0.2) is 27.1 Å². The summed E-state index contributed by atoms with van der Waals surface area (Å²) in [6.07, 6.45) is 1.13. The number of anilines is 1. The summed E-state index contributed by atoms with van der Waals surface area (Å²) in [6, 6.07) is 16.4. The van der Waals surface area contributed by atoms with E-state index in [4.69, 9.17) is 0 Å². The van der Waals surface area contributed by atoms with Crippen molar-refractivity contribution in [3.8, 4) is 0 Å². The second-order valence-corrected chi connectivity index (χ2v) is 8.31. The van der Waals surface area contributed by atoms with E-state index in [1.54, 1.807) is 18.2 Å². The number of para-hydroxylation sites is 1. The molecular weight excluding hydrogens is 336 g/mol. The van der Waals surface area contributed by atoms with Crippen molar-refractivity contribution in [1.29, 1.82) is 0 Å². The van der Waals surface area contributed by atoms with Crippen LogP contribution in [0.4, 0.5) is 5.69 Å². The van der Waals surface area contributed by atoms with Crippen LogP contribution in [-0.2, 0) is 14.6 Å². The summed E-state index contributed by atoms with van der Waals surface area (Å²) in [5, 5.41) is 5.93. The molecule has 0 bridgehead atoms. The molecule has 0 aliphatic carbocycles. The number of amides is 1. The number of hydrogen-bond donors (Lipinski definition) is 2. The van der Waals surface area contributed by atoms with E-state index < -0.39 is 9.84 Å². The fourth-order valence-corrected chi connectivity index (χ4v) is 3.53. The second kappa shape index (κ2) is 8.27. The predicted octanol–water partition coefficient (Wildman–Crippen LogP) is 3.02. The van der Waals surface area contributed by atoms with Gasteiger partial charge in [-0.15, -0.1) is 0 Å². The Morgan fingerprint density at radius 1 is 1.00 bits per heavy atom. The number of carbonyl (C=O) groups excluding carboxylic acids is 1. The SMILES string of the molecule is CC(C)[C@@H](NCC(=O)Nc1ccccc1S(C)(=O)=O)c1ccccc1. The monoisotopic (exact) mass is 360 g/mol. The molecule has 6 heteroatoms. The van der Waals surface area contributed by atoms with E-state index in [2.05, 4.69) is 24.5 Å². The van der Waals surface area contributed by atoms with E-state index in [-0.39, 0.29) is 23.4 Å². The first-order valence-electron chi connectivity index (χ1n) is 8.16. The van der Waals surface area contributed by atoms with Crippen LogP contribution in [0.25, 0.3) is 0 Å². The first kappa shape index (κ1) is 19.1. The number of nitrogens with one attached hydrogen (secondary N) is 2. The fraction of sp³-hybridized carbons (Fsp3) is 0.316. The lowest BCUT2D eigenvalue weighted by Gasteiger charge is -2.23. The van der Waals surface area contributed by atoms with Gasteiger partial charge in [-0.25, -0.2) is 8.42 Å². The highest BCUT2D eigenvalue weighted by Gasteiger charge is 2.18. The first-order valence-corrected chi connectivity index (χ1v) is 10.1. The van der Waals surface area contributed by atoms with Crippen LogP contribution in [0.5, 0.6) is 0 Å². The van der Waals surface area contributed by atoms with Crippen molar-refractivity contribution in [3.63, 3.8) is 0 Å². The summed E-state index contributed by atoms with van der Waals surface area (Å²) in [4.78, 5) is 12.4. The van der Waals surface area contributed by atoms with Gasteiger partial charge in [0.1, 0.15) is 0 Å². The summed E-state index contributed by atoms with van der Waals surface area (Å²) in [5.41, 5.74) is 1.42. The lowest BCUT2D eigenvalue weighted by Crippen LogP contribution is -2.33. The summed E-state index contributed by atoms with van der Waals surface area (Å²) >= 11 is 0. The third-order valence-corrected chi connectivity index (χ3v) is 5.02. The summed E-state index contributed by atoms with van der Waals surface area (Å²) in [7, 11) is -3.40. The number of rotatable bonds is 7. The fourth-order valence-electron chi connectivity index (χ4n) is 2.69. The quantitative estimate of drug-likeness (QED) is 0.796. The molecule has 0 aliphatic rings. The average molecular weight is 360 g/mol. The summed E-state index contributed by atoms with van der Waals surface area (Å²) in [6.45, 7) is 4.26. The molecule has 0 radical (unpaired) electrons. The lowest BCUT2D eigenvalue weighted by atomic mass is 9.96. The van der Waals surface area contributed by atoms with E-state index in [0.29, 0.717) is 11.6 Å². The third-order valence-electron chi connectivity index (χ3n) is 3.87. The Hall–Kier alpha value is -2.18. The molecule has 2 aromatic rings. The molecule has 0 aliphatic heterocycles. The van der Waals surface area contributed by atoms with E-state index >= 15 is 0 Å². The Labute approximate surface area is 149 Å². The first-order chi connectivity index (χ1) is 11.8. The maximum Gasteiger partial charge on any atom is 0.238 e. The topological polar surface area (TPSA) is 75.3 Å². The van der Waals surface area contributed by atoms with Crippen LogP contribution in [0.1, 0.15) is 25.5 Å². The molecule has 0 saturated carbocycles. The Morgan fingerprint density at radius 3 is 2.20 bits per heavy atom. The van der Waals surface area contributed by atoms with Gasteiger partial charge in [0.15, 0.2) is 9.84 Å². The molecule has 1 amide bonds. The molecule has 2 rings (SSSR count). The van der Waals surface area contributed by atoms with E-state index in [1.807, 2.05) is 30.3 Å². The van der Waals surface area contributed by atoms with Gasteiger partial charge in [-0.3, -0.25) is 4.79 Å². The Morgan fingerprint density at radius 2 is 1.60 bits per heavy atom. The average Bonchev–Trinajstić information content (AvgIpc) is 2.55. The molecule has 25 heavy (non-hydrogen) atoms. The third kappa shape index (κ3) is 5.41. The smallest absolute Gasteiger partial charge is 0.238 e. The minimum Gasteiger partial charge on any atom is -0.324 e. The van der Waals surface area contributed by atoms with Crippen molar-refractivity contribution >= 4 is 21.4 Å². The molecule has 0 aromatic heterocycles. The number of sulfone groups is 1. The van der Waals surface area contributed by atoms with Gasteiger partial charge in [-0.05, 0) is 23.6 Å².